The number of aryl methyl sites for hydroxylation is 1. The van der Waals surface area contributed by atoms with E-state index in [-0.39, 0.29) is 21.0 Å². The van der Waals surface area contributed by atoms with Gasteiger partial charge in [-0.1, -0.05) is 0 Å². The normalized spacial score (nSPS) is 10.5. The van der Waals surface area contributed by atoms with E-state index >= 15 is 0 Å². The van der Waals surface area contributed by atoms with Gasteiger partial charge in [-0.15, -0.1) is 11.3 Å². The average molecular weight is 349 g/mol. The first-order valence-corrected chi connectivity index (χ1v) is 6.61. The van der Waals surface area contributed by atoms with Crippen molar-refractivity contribution in [3.8, 4) is 0 Å². The average Bonchev–Trinajstić information content (AvgIpc) is 2.65. The molecule has 19 heavy (non-hydrogen) atoms. The van der Waals surface area contributed by atoms with Crippen LogP contribution in [0.1, 0.15) is 15.4 Å². The summed E-state index contributed by atoms with van der Waals surface area (Å²) in [4.78, 5) is 15.2. The first-order chi connectivity index (χ1) is 8.88. The van der Waals surface area contributed by atoms with Crippen LogP contribution in [0.3, 0.4) is 0 Å². The molecule has 0 unspecified atom stereocenters. The van der Waals surface area contributed by atoms with Crippen LogP contribution in [0.2, 0.25) is 0 Å². The second-order valence-electron chi connectivity index (χ2n) is 3.60. The maximum Gasteiger partial charge on any atom is 0.355 e. The Morgan fingerprint density at radius 3 is 2.68 bits per heavy atom. The van der Waals surface area contributed by atoms with E-state index in [0.29, 0.717) is 4.88 Å². The van der Waals surface area contributed by atoms with E-state index in [2.05, 4.69) is 26.2 Å². The molecule has 0 bridgehead atoms. The van der Waals surface area contributed by atoms with Gasteiger partial charge < -0.3 is 10.4 Å². The highest BCUT2D eigenvalue weighted by atomic mass is 79.9. The Balaban J connectivity index is 2.37. The van der Waals surface area contributed by atoms with Crippen molar-refractivity contribution in [2.75, 3.05) is 5.32 Å². The van der Waals surface area contributed by atoms with Crippen molar-refractivity contribution in [2.24, 2.45) is 0 Å². The number of halogens is 3. The Labute approximate surface area is 119 Å². The third-order valence-corrected chi connectivity index (χ3v) is 3.75. The first-order valence-electron chi connectivity index (χ1n) is 5.00. The van der Waals surface area contributed by atoms with Crippen LogP contribution in [-0.4, -0.2) is 16.1 Å². The number of rotatable bonds is 3. The van der Waals surface area contributed by atoms with Gasteiger partial charge in [-0.25, -0.2) is 18.6 Å². The topological polar surface area (TPSA) is 62.2 Å². The molecule has 1 heterocycles. The van der Waals surface area contributed by atoms with Crippen LogP contribution in [0.5, 0.6) is 0 Å². The highest BCUT2D eigenvalue weighted by molar-refractivity contribution is 9.10. The van der Waals surface area contributed by atoms with E-state index in [1.165, 1.54) is 0 Å². The molecule has 0 fully saturated rings. The summed E-state index contributed by atoms with van der Waals surface area (Å²) in [5.74, 6) is -2.66. The largest absolute Gasteiger partial charge is 0.476 e. The van der Waals surface area contributed by atoms with Crippen LogP contribution in [0.15, 0.2) is 16.6 Å². The van der Waals surface area contributed by atoms with Crippen LogP contribution < -0.4 is 5.32 Å². The van der Waals surface area contributed by atoms with Crippen molar-refractivity contribution in [2.45, 2.75) is 6.92 Å². The lowest BCUT2D eigenvalue weighted by Gasteiger charge is -2.06. The summed E-state index contributed by atoms with van der Waals surface area (Å²) >= 11 is 4.10. The molecular weight excluding hydrogens is 342 g/mol. The molecule has 0 saturated heterocycles. The number of anilines is 2. The lowest BCUT2D eigenvalue weighted by atomic mass is 10.3. The zero-order valence-electron chi connectivity index (χ0n) is 9.50. The number of aromatic carboxylic acids is 1. The number of hydrogen-bond acceptors (Lipinski definition) is 4. The maximum absolute atomic E-state index is 13.6. The lowest BCUT2D eigenvalue weighted by Crippen LogP contribution is -2.00. The third-order valence-electron chi connectivity index (χ3n) is 2.24. The molecule has 0 saturated carbocycles. The van der Waals surface area contributed by atoms with Gasteiger partial charge in [0, 0.05) is 15.4 Å². The fourth-order valence-electron chi connectivity index (χ4n) is 1.42. The maximum atomic E-state index is 13.6. The molecular formula is C11H7BrF2N2O2S. The van der Waals surface area contributed by atoms with Crippen LogP contribution in [0.25, 0.3) is 0 Å². The van der Waals surface area contributed by atoms with Gasteiger partial charge in [0.05, 0.1) is 5.69 Å². The Bertz CT molecular complexity index is 637. The minimum absolute atomic E-state index is 0.00656. The van der Waals surface area contributed by atoms with E-state index in [0.717, 1.165) is 23.5 Å². The fourth-order valence-corrected chi connectivity index (χ4v) is 2.73. The predicted octanol–water partition coefficient (Wildman–Crippen LogP) is 3.93. The van der Waals surface area contributed by atoms with Gasteiger partial charge in [0.15, 0.2) is 16.6 Å². The second-order valence-corrected chi connectivity index (χ2v) is 5.66. The predicted molar refractivity (Wildman–Crippen MR) is 71.2 cm³/mol. The molecule has 0 amide bonds. The molecule has 0 aliphatic heterocycles. The molecule has 0 radical (unpaired) electrons. The summed E-state index contributed by atoms with van der Waals surface area (Å²) in [5.41, 5.74) is -0.0850. The number of nitrogens with zero attached hydrogens (tertiary/aromatic N) is 1. The number of benzene rings is 1. The molecule has 1 aromatic carbocycles. The van der Waals surface area contributed by atoms with Gasteiger partial charge in [0.2, 0.25) is 0 Å². The van der Waals surface area contributed by atoms with E-state index in [9.17, 15) is 13.6 Å². The summed E-state index contributed by atoms with van der Waals surface area (Å²) in [6.07, 6.45) is 0. The standard InChI is InChI=1S/C11H7BrF2N2O2S/c1-4-8(10(17)18)15-11(19-4)16-9-6(12)2-5(13)3-7(9)14/h2-3H,1H3,(H,15,16)(H,17,18). The fraction of sp³-hybridized carbons (Fsp3) is 0.0909. The molecule has 4 nitrogen and oxygen atoms in total. The highest BCUT2D eigenvalue weighted by Crippen LogP contribution is 2.32. The van der Waals surface area contributed by atoms with Gasteiger partial charge in [-0.3, -0.25) is 0 Å². The number of carboxylic acids is 1. The Morgan fingerprint density at radius 1 is 1.47 bits per heavy atom. The SMILES string of the molecule is Cc1sc(Nc2c(F)cc(F)cc2Br)nc1C(=O)O. The number of thiazole rings is 1. The smallest absolute Gasteiger partial charge is 0.355 e. The number of carbonyl (C=O) groups is 1. The van der Waals surface area contributed by atoms with Gasteiger partial charge in [-0.05, 0) is 28.9 Å². The Hall–Kier alpha value is -1.54. The quantitative estimate of drug-likeness (QED) is 0.881. The molecule has 0 aliphatic rings. The van der Waals surface area contributed by atoms with E-state index in [1.54, 1.807) is 6.92 Å². The first kappa shape index (κ1) is 13.9. The van der Waals surface area contributed by atoms with Gasteiger partial charge >= 0.3 is 5.97 Å². The summed E-state index contributed by atoms with van der Waals surface area (Å²) < 4.78 is 26.7. The molecule has 0 aliphatic carbocycles. The summed E-state index contributed by atoms with van der Waals surface area (Å²) in [7, 11) is 0. The van der Waals surface area contributed by atoms with E-state index < -0.39 is 17.6 Å². The molecule has 2 rings (SSSR count). The van der Waals surface area contributed by atoms with Crippen molar-refractivity contribution in [3.05, 3.63) is 38.8 Å². The van der Waals surface area contributed by atoms with Gasteiger partial charge in [0.25, 0.3) is 0 Å². The molecule has 2 N–H and O–H groups in total. The minimum Gasteiger partial charge on any atom is -0.476 e. The summed E-state index contributed by atoms with van der Waals surface area (Å²) in [6.45, 7) is 1.60. The van der Waals surface area contributed by atoms with Crippen molar-refractivity contribution < 1.29 is 18.7 Å². The number of nitrogens with one attached hydrogen (secondary N) is 1. The summed E-state index contributed by atoms with van der Waals surface area (Å²) in [5, 5.41) is 11.7. The number of hydrogen-bond donors (Lipinski definition) is 2. The third kappa shape index (κ3) is 2.90. The van der Waals surface area contributed by atoms with Gasteiger partial charge in [0.1, 0.15) is 5.82 Å². The van der Waals surface area contributed by atoms with E-state index in [4.69, 9.17) is 5.11 Å². The van der Waals surface area contributed by atoms with Crippen molar-refractivity contribution >= 4 is 44.1 Å². The van der Waals surface area contributed by atoms with Crippen LogP contribution >= 0.6 is 27.3 Å². The van der Waals surface area contributed by atoms with Crippen LogP contribution in [0, 0.1) is 18.6 Å². The zero-order valence-corrected chi connectivity index (χ0v) is 11.9. The minimum atomic E-state index is -1.15. The Morgan fingerprint density at radius 2 is 2.16 bits per heavy atom. The number of carboxylic acid groups (broad SMARTS) is 1. The molecule has 2 aromatic rings. The zero-order chi connectivity index (χ0) is 14.2. The molecule has 1 aromatic heterocycles. The summed E-state index contributed by atoms with van der Waals surface area (Å²) in [6, 6.07) is 1.83. The second kappa shape index (κ2) is 5.22. The van der Waals surface area contributed by atoms with E-state index in [1.807, 2.05) is 0 Å². The van der Waals surface area contributed by atoms with Crippen LogP contribution in [0.4, 0.5) is 19.6 Å². The Kier molecular flexibility index (Phi) is 3.81. The molecule has 8 heteroatoms. The van der Waals surface area contributed by atoms with Gasteiger partial charge in [-0.2, -0.15) is 0 Å². The highest BCUT2D eigenvalue weighted by Gasteiger charge is 2.16. The number of aromatic nitrogens is 1. The van der Waals surface area contributed by atoms with Crippen LogP contribution in [-0.2, 0) is 0 Å². The lowest BCUT2D eigenvalue weighted by molar-refractivity contribution is 0.0690. The van der Waals surface area contributed by atoms with Crippen molar-refractivity contribution in [3.63, 3.8) is 0 Å². The van der Waals surface area contributed by atoms with Crippen molar-refractivity contribution in [1.29, 1.82) is 0 Å². The molecule has 0 atom stereocenters. The van der Waals surface area contributed by atoms with Crippen molar-refractivity contribution in [1.82, 2.24) is 4.98 Å². The molecule has 100 valence electrons. The molecule has 0 spiro atoms. The monoisotopic (exact) mass is 348 g/mol.